The van der Waals surface area contributed by atoms with Crippen LogP contribution in [-0.2, 0) is 11.3 Å². The summed E-state index contributed by atoms with van der Waals surface area (Å²) in [4.78, 5) is 22.0. The highest BCUT2D eigenvalue weighted by molar-refractivity contribution is 7.14. The Morgan fingerprint density at radius 2 is 2.14 bits per heavy atom. The zero-order chi connectivity index (χ0) is 15.5. The van der Waals surface area contributed by atoms with Gasteiger partial charge in [-0.05, 0) is 18.4 Å². The van der Waals surface area contributed by atoms with Gasteiger partial charge in [0.1, 0.15) is 10.4 Å². The van der Waals surface area contributed by atoms with Gasteiger partial charge in [-0.2, -0.15) is 0 Å². The molecule has 4 nitrogen and oxygen atoms in total. The van der Waals surface area contributed by atoms with Gasteiger partial charge in [-0.25, -0.2) is 4.98 Å². The fraction of sp³-hybridized carbons (Fsp3) is 0.467. The summed E-state index contributed by atoms with van der Waals surface area (Å²) in [6, 6.07) is 4.15. The molecule has 3 heterocycles. The van der Waals surface area contributed by atoms with Crippen LogP contribution in [0.2, 0.25) is 0 Å². The molecule has 1 aliphatic heterocycles. The van der Waals surface area contributed by atoms with E-state index in [0.717, 1.165) is 43.4 Å². The summed E-state index contributed by atoms with van der Waals surface area (Å²) in [6.45, 7) is 5.84. The molecule has 22 heavy (non-hydrogen) atoms. The maximum atomic E-state index is 11.9. The number of carbonyl (C=O) groups excluding carboxylic acids is 1. The molecule has 1 unspecified atom stereocenters. The van der Waals surface area contributed by atoms with Gasteiger partial charge < -0.3 is 4.90 Å². The molecule has 0 aromatic carbocycles. The zero-order valence-electron chi connectivity index (χ0n) is 12.4. The topological polar surface area (TPSA) is 36.4 Å². The van der Waals surface area contributed by atoms with E-state index in [1.165, 1.54) is 4.88 Å². The van der Waals surface area contributed by atoms with Gasteiger partial charge in [-0.1, -0.05) is 6.07 Å². The molecule has 0 bridgehead atoms. The number of rotatable bonds is 4. The van der Waals surface area contributed by atoms with Crippen LogP contribution in [0.1, 0.15) is 11.9 Å². The first-order valence-electron chi connectivity index (χ1n) is 7.27. The van der Waals surface area contributed by atoms with Crippen LogP contribution in [0.15, 0.2) is 22.9 Å². The largest absolute Gasteiger partial charge is 0.339 e. The van der Waals surface area contributed by atoms with Crippen LogP contribution in [0.3, 0.4) is 0 Å². The van der Waals surface area contributed by atoms with Crippen LogP contribution in [0.5, 0.6) is 0 Å². The lowest BCUT2D eigenvalue weighted by Crippen LogP contribution is -2.49. The van der Waals surface area contributed by atoms with Gasteiger partial charge in [0.15, 0.2) is 0 Å². The van der Waals surface area contributed by atoms with Crippen LogP contribution >= 0.6 is 34.3 Å². The Labute approximate surface area is 143 Å². The molecule has 2 aromatic rings. The molecule has 1 atom stereocenters. The second-order valence-electron chi connectivity index (χ2n) is 5.32. The molecule has 1 aliphatic rings. The van der Waals surface area contributed by atoms with E-state index in [4.69, 9.17) is 16.6 Å². The van der Waals surface area contributed by atoms with Crippen molar-refractivity contribution >= 4 is 40.2 Å². The number of carbonyl (C=O) groups is 1. The van der Waals surface area contributed by atoms with Crippen molar-refractivity contribution in [2.45, 2.75) is 18.8 Å². The first kappa shape index (κ1) is 15.9. The number of thiophene rings is 1. The second kappa shape index (κ2) is 7.08. The number of hydrogen-bond donors (Lipinski definition) is 0. The first-order chi connectivity index (χ1) is 10.6. The SMILES string of the molecule is CC(Cl)C(=O)N1CCN(Cc2nc(-c3cccs3)cs2)CC1. The Morgan fingerprint density at radius 3 is 2.77 bits per heavy atom. The summed E-state index contributed by atoms with van der Waals surface area (Å²) in [5.74, 6) is 0.0375. The number of amides is 1. The zero-order valence-corrected chi connectivity index (χ0v) is 14.8. The lowest BCUT2D eigenvalue weighted by molar-refractivity contribution is -0.132. The minimum Gasteiger partial charge on any atom is -0.339 e. The minimum atomic E-state index is -0.432. The normalized spacial score (nSPS) is 17.6. The monoisotopic (exact) mass is 355 g/mol. The molecule has 118 valence electrons. The minimum absolute atomic E-state index is 0.0375. The summed E-state index contributed by atoms with van der Waals surface area (Å²) in [7, 11) is 0. The highest BCUT2D eigenvalue weighted by atomic mass is 35.5. The van der Waals surface area contributed by atoms with Crippen molar-refractivity contribution < 1.29 is 4.79 Å². The van der Waals surface area contributed by atoms with E-state index >= 15 is 0 Å². The Bertz CT molecular complexity index is 619. The Hall–Kier alpha value is -0.950. The summed E-state index contributed by atoms with van der Waals surface area (Å²) >= 11 is 9.29. The van der Waals surface area contributed by atoms with Gasteiger partial charge >= 0.3 is 0 Å². The van der Waals surface area contributed by atoms with Gasteiger partial charge in [0, 0.05) is 31.6 Å². The van der Waals surface area contributed by atoms with E-state index in [0.29, 0.717) is 0 Å². The second-order valence-corrected chi connectivity index (χ2v) is 7.87. The number of thiazole rings is 1. The van der Waals surface area contributed by atoms with E-state index in [1.54, 1.807) is 29.6 Å². The highest BCUT2D eigenvalue weighted by Gasteiger charge is 2.24. The average molecular weight is 356 g/mol. The summed E-state index contributed by atoms with van der Waals surface area (Å²) in [5, 5.41) is 4.89. The molecule has 0 saturated carbocycles. The molecule has 1 amide bonds. The van der Waals surface area contributed by atoms with E-state index < -0.39 is 5.38 Å². The third-order valence-corrected chi connectivity index (χ3v) is 5.62. The van der Waals surface area contributed by atoms with Crippen molar-refractivity contribution in [1.29, 1.82) is 0 Å². The van der Waals surface area contributed by atoms with E-state index in [2.05, 4.69) is 21.7 Å². The number of aromatic nitrogens is 1. The summed E-state index contributed by atoms with van der Waals surface area (Å²) in [6.07, 6.45) is 0. The number of nitrogens with zero attached hydrogens (tertiary/aromatic N) is 3. The predicted octanol–water partition coefficient (Wildman–Crippen LogP) is 3.14. The molecule has 0 radical (unpaired) electrons. The van der Waals surface area contributed by atoms with Crippen LogP contribution in [-0.4, -0.2) is 52.2 Å². The van der Waals surface area contributed by atoms with Crippen molar-refractivity contribution in [3.63, 3.8) is 0 Å². The van der Waals surface area contributed by atoms with E-state index in [-0.39, 0.29) is 5.91 Å². The van der Waals surface area contributed by atoms with Gasteiger partial charge in [0.05, 0.1) is 17.1 Å². The number of halogens is 1. The number of alkyl halides is 1. The van der Waals surface area contributed by atoms with Crippen molar-refractivity contribution in [2.75, 3.05) is 26.2 Å². The molecule has 3 rings (SSSR count). The van der Waals surface area contributed by atoms with Crippen molar-refractivity contribution in [3.05, 3.63) is 27.9 Å². The molecule has 0 spiro atoms. The quantitative estimate of drug-likeness (QED) is 0.790. The standard InChI is InChI=1S/C15H18ClN3OS2/c1-11(16)15(20)19-6-4-18(5-7-19)9-14-17-12(10-22-14)13-3-2-8-21-13/h2-3,8,10-11H,4-7,9H2,1H3. The smallest absolute Gasteiger partial charge is 0.240 e. The third kappa shape index (κ3) is 3.68. The Balaban J connectivity index is 1.54. The molecule has 0 aliphatic carbocycles. The highest BCUT2D eigenvalue weighted by Crippen LogP contribution is 2.26. The molecular formula is C15H18ClN3OS2. The van der Waals surface area contributed by atoms with Crippen molar-refractivity contribution in [1.82, 2.24) is 14.8 Å². The van der Waals surface area contributed by atoms with Crippen molar-refractivity contribution in [3.8, 4) is 10.6 Å². The summed E-state index contributed by atoms with van der Waals surface area (Å²) < 4.78 is 0. The fourth-order valence-electron chi connectivity index (χ4n) is 2.49. The molecule has 7 heteroatoms. The molecule has 1 saturated heterocycles. The predicted molar refractivity (Wildman–Crippen MR) is 92.6 cm³/mol. The maximum Gasteiger partial charge on any atom is 0.240 e. The third-order valence-electron chi connectivity index (χ3n) is 3.71. The molecule has 2 aromatic heterocycles. The van der Waals surface area contributed by atoms with E-state index in [1.807, 2.05) is 11.0 Å². The van der Waals surface area contributed by atoms with Gasteiger partial charge in [-0.15, -0.1) is 34.3 Å². The number of hydrogen-bond acceptors (Lipinski definition) is 5. The fourth-order valence-corrected chi connectivity index (χ4v) is 4.22. The summed E-state index contributed by atoms with van der Waals surface area (Å²) in [5.41, 5.74) is 1.07. The average Bonchev–Trinajstić information content (AvgIpc) is 3.18. The van der Waals surface area contributed by atoms with Gasteiger partial charge in [0.25, 0.3) is 0 Å². The lowest BCUT2D eigenvalue weighted by Gasteiger charge is -2.34. The molecular weight excluding hydrogens is 338 g/mol. The van der Waals surface area contributed by atoms with Crippen molar-refractivity contribution in [2.24, 2.45) is 0 Å². The lowest BCUT2D eigenvalue weighted by atomic mass is 10.3. The molecule has 1 fully saturated rings. The van der Waals surface area contributed by atoms with Gasteiger partial charge in [-0.3, -0.25) is 9.69 Å². The first-order valence-corrected chi connectivity index (χ1v) is 9.46. The van der Waals surface area contributed by atoms with Crippen LogP contribution in [0.25, 0.3) is 10.6 Å². The van der Waals surface area contributed by atoms with Crippen LogP contribution < -0.4 is 0 Å². The Morgan fingerprint density at radius 1 is 1.36 bits per heavy atom. The number of piperazine rings is 1. The maximum absolute atomic E-state index is 11.9. The molecule has 0 N–H and O–H groups in total. The van der Waals surface area contributed by atoms with Crippen LogP contribution in [0, 0.1) is 0 Å². The van der Waals surface area contributed by atoms with Gasteiger partial charge in [0.2, 0.25) is 5.91 Å². The van der Waals surface area contributed by atoms with E-state index in [9.17, 15) is 4.79 Å². The Kier molecular flexibility index (Phi) is 5.13. The van der Waals surface area contributed by atoms with Crippen LogP contribution in [0.4, 0.5) is 0 Å².